The minimum absolute atomic E-state index is 0.00847. The highest BCUT2D eigenvalue weighted by atomic mass is 16.5. The van der Waals surface area contributed by atoms with E-state index in [0.717, 1.165) is 49.5 Å². The van der Waals surface area contributed by atoms with Crippen LogP contribution in [-0.4, -0.2) is 56.6 Å². The minimum atomic E-state index is -0.00847. The third kappa shape index (κ3) is 3.98. The predicted molar refractivity (Wildman–Crippen MR) is 113 cm³/mol. The molecule has 2 aliphatic rings. The molecule has 1 saturated heterocycles. The number of carbonyl (C=O) groups excluding carboxylic acids is 2. The number of carbonyl (C=O) groups is 2. The van der Waals surface area contributed by atoms with Crippen molar-refractivity contribution in [1.29, 1.82) is 0 Å². The predicted octanol–water partition coefficient (Wildman–Crippen LogP) is 2.70. The SMILES string of the molecule is CC(=O)N1CCc2cc(C(=O)N(C)Cc3ccccc3N3CCOCC3)ccc21. The van der Waals surface area contributed by atoms with Crippen molar-refractivity contribution in [3.63, 3.8) is 0 Å². The van der Waals surface area contributed by atoms with E-state index < -0.39 is 0 Å². The zero-order valence-electron chi connectivity index (χ0n) is 17.1. The number of rotatable bonds is 4. The summed E-state index contributed by atoms with van der Waals surface area (Å²) < 4.78 is 5.47. The average molecular weight is 393 g/mol. The number of benzene rings is 2. The normalized spacial score (nSPS) is 15.9. The van der Waals surface area contributed by atoms with Crippen LogP contribution in [-0.2, 0) is 22.5 Å². The Morgan fingerprint density at radius 1 is 1.03 bits per heavy atom. The summed E-state index contributed by atoms with van der Waals surface area (Å²) in [7, 11) is 1.84. The van der Waals surface area contributed by atoms with E-state index in [9.17, 15) is 9.59 Å². The van der Waals surface area contributed by atoms with E-state index in [1.807, 2.05) is 37.4 Å². The van der Waals surface area contributed by atoms with Crippen LogP contribution in [0.25, 0.3) is 0 Å². The van der Waals surface area contributed by atoms with Gasteiger partial charge in [-0.15, -0.1) is 0 Å². The van der Waals surface area contributed by atoms with Crippen LogP contribution in [0.15, 0.2) is 42.5 Å². The van der Waals surface area contributed by atoms with Crippen molar-refractivity contribution in [2.75, 3.05) is 49.7 Å². The highest BCUT2D eigenvalue weighted by molar-refractivity contribution is 5.97. The van der Waals surface area contributed by atoms with E-state index >= 15 is 0 Å². The fraction of sp³-hybridized carbons (Fsp3) is 0.391. The second-order valence-electron chi connectivity index (χ2n) is 7.65. The molecule has 0 saturated carbocycles. The molecule has 0 unspecified atom stereocenters. The number of anilines is 2. The van der Waals surface area contributed by atoms with E-state index in [-0.39, 0.29) is 11.8 Å². The topological polar surface area (TPSA) is 53.1 Å². The third-order valence-corrected chi connectivity index (χ3v) is 5.70. The van der Waals surface area contributed by atoms with Gasteiger partial charge in [0.15, 0.2) is 0 Å². The summed E-state index contributed by atoms with van der Waals surface area (Å²) in [6.45, 7) is 6.01. The van der Waals surface area contributed by atoms with Crippen LogP contribution in [0.5, 0.6) is 0 Å². The Balaban J connectivity index is 1.50. The quantitative estimate of drug-likeness (QED) is 0.802. The smallest absolute Gasteiger partial charge is 0.253 e. The lowest BCUT2D eigenvalue weighted by Gasteiger charge is -2.31. The highest BCUT2D eigenvalue weighted by Crippen LogP contribution is 2.29. The molecule has 2 amide bonds. The van der Waals surface area contributed by atoms with Crippen molar-refractivity contribution in [2.45, 2.75) is 19.9 Å². The fourth-order valence-electron chi connectivity index (χ4n) is 4.17. The molecule has 0 spiro atoms. The molecule has 2 aliphatic heterocycles. The second-order valence-corrected chi connectivity index (χ2v) is 7.65. The molecule has 0 N–H and O–H groups in total. The summed E-state index contributed by atoms with van der Waals surface area (Å²) in [6, 6.07) is 13.9. The largest absolute Gasteiger partial charge is 0.378 e. The van der Waals surface area contributed by atoms with Gasteiger partial charge in [-0.05, 0) is 41.8 Å². The van der Waals surface area contributed by atoms with Crippen LogP contribution >= 0.6 is 0 Å². The number of amides is 2. The average Bonchev–Trinajstić information content (AvgIpc) is 3.18. The first-order valence-electron chi connectivity index (χ1n) is 10.1. The zero-order chi connectivity index (χ0) is 20.4. The van der Waals surface area contributed by atoms with E-state index in [2.05, 4.69) is 17.0 Å². The van der Waals surface area contributed by atoms with Gasteiger partial charge >= 0.3 is 0 Å². The van der Waals surface area contributed by atoms with E-state index in [0.29, 0.717) is 18.7 Å². The van der Waals surface area contributed by atoms with E-state index in [1.54, 1.807) is 16.7 Å². The minimum Gasteiger partial charge on any atom is -0.378 e. The molecule has 152 valence electrons. The number of ether oxygens (including phenoxy) is 1. The van der Waals surface area contributed by atoms with Crippen LogP contribution in [0.3, 0.4) is 0 Å². The number of nitrogens with zero attached hydrogens (tertiary/aromatic N) is 3. The molecule has 29 heavy (non-hydrogen) atoms. The Hall–Kier alpha value is -2.86. The number of hydrogen-bond donors (Lipinski definition) is 0. The first-order chi connectivity index (χ1) is 14.0. The van der Waals surface area contributed by atoms with Gasteiger partial charge in [0.1, 0.15) is 0 Å². The Bertz CT molecular complexity index is 921. The van der Waals surface area contributed by atoms with Crippen molar-refractivity contribution >= 4 is 23.2 Å². The summed E-state index contributed by atoms with van der Waals surface area (Å²) in [6.07, 6.45) is 0.791. The van der Waals surface area contributed by atoms with Gasteiger partial charge < -0.3 is 19.4 Å². The summed E-state index contributed by atoms with van der Waals surface area (Å²) in [5.74, 6) is 0.0329. The number of fused-ring (bicyclic) bond motifs is 1. The Morgan fingerprint density at radius 2 is 1.79 bits per heavy atom. The molecule has 4 rings (SSSR count). The number of para-hydroxylation sites is 1. The number of hydrogen-bond acceptors (Lipinski definition) is 4. The first-order valence-corrected chi connectivity index (χ1v) is 10.1. The van der Waals surface area contributed by atoms with Crippen LogP contribution in [0.2, 0.25) is 0 Å². The monoisotopic (exact) mass is 393 g/mol. The molecule has 0 radical (unpaired) electrons. The summed E-state index contributed by atoms with van der Waals surface area (Å²) in [5.41, 5.74) is 4.96. The van der Waals surface area contributed by atoms with Crippen LogP contribution in [0, 0.1) is 0 Å². The van der Waals surface area contributed by atoms with Gasteiger partial charge in [0, 0.05) is 57.1 Å². The maximum atomic E-state index is 13.1. The molecular weight excluding hydrogens is 366 g/mol. The summed E-state index contributed by atoms with van der Waals surface area (Å²) >= 11 is 0. The fourth-order valence-corrected chi connectivity index (χ4v) is 4.17. The molecular formula is C23H27N3O3. The van der Waals surface area contributed by atoms with Gasteiger partial charge in [-0.3, -0.25) is 9.59 Å². The molecule has 2 heterocycles. The molecule has 2 aromatic rings. The van der Waals surface area contributed by atoms with Gasteiger partial charge in [0.2, 0.25) is 5.91 Å². The van der Waals surface area contributed by atoms with Crippen LogP contribution < -0.4 is 9.80 Å². The second kappa shape index (κ2) is 8.25. The van der Waals surface area contributed by atoms with Gasteiger partial charge in [-0.1, -0.05) is 18.2 Å². The van der Waals surface area contributed by atoms with Gasteiger partial charge in [0.05, 0.1) is 13.2 Å². The molecule has 6 heteroatoms. The first kappa shape index (κ1) is 19.5. The molecule has 0 aromatic heterocycles. The number of morpholine rings is 1. The maximum Gasteiger partial charge on any atom is 0.253 e. The van der Waals surface area contributed by atoms with Crippen molar-refractivity contribution in [2.24, 2.45) is 0 Å². The zero-order valence-corrected chi connectivity index (χ0v) is 17.1. The van der Waals surface area contributed by atoms with E-state index in [4.69, 9.17) is 4.74 Å². The van der Waals surface area contributed by atoms with Gasteiger partial charge in [0.25, 0.3) is 5.91 Å². The lowest BCUT2D eigenvalue weighted by Crippen LogP contribution is -2.37. The standard InChI is InChI=1S/C23H27N3O3/c1-17(27)26-10-9-18-15-19(7-8-22(18)26)23(28)24(2)16-20-5-3-4-6-21(20)25-11-13-29-14-12-25/h3-8,15H,9-14,16H2,1-2H3. The molecule has 2 aromatic carbocycles. The lowest BCUT2D eigenvalue weighted by atomic mass is 10.1. The lowest BCUT2D eigenvalue weighted by molar-refractivity contribution is -0.116. The van der Waals surface area contributed by atoms with Crippen molar-refractivity contribution in [3.8, 4) is 0 Å². The van der Waals surface area contributed by atoms with Gasteiger partial charge in [-0.25, -0.2) is 0 Å². The highest BCUT2D eigenvalue weighted by Gasteiger charge is 2.24. The van der Waals surface area contributed by atoms with Crippen LogP contribution in [0.1, 0.15) is 28.4 Å². The molecule has 0 atom stereocenters. The molecule has 6 nitrogen and oxygen atoms in total. The summed E-state index contributed by atoms with van der Waals surface area (Å²) in [4.78, 5) is 30.7. The van der Waals surface area contributed by atoms with Gasteiger partial charge in [-0.2, -0.15) is 0 Å². The Labute approximate surface area is 171 Å². The Morgan fingerprint density at radius 3 is 2.55 bits per heavy atom. The molecule has 1 fully saturated rings. The van der Waals surface area contributed by atoms with Crippen LogP contribution in [0.4, 0.5) is 11.4 Å². The van der Waals surface area contributed by atoms with Crippen molar-refractivity contribution in [3.05, 3.63) is 59.2 Å². The maximum absolute atomic E-state index is 13.1. The Kier molecular flexibility index (Phi) is 5.53. The van der Waals surface area contributed by atoms with E-state index in [1.165, 1.54) is 5.69 Å². The molecule has 0 aliphatic carbocycles. The molecule has 0 bridgehead atoms. The third-order valence-electron chi connectivity index (χ3n) is 5.70. The van der Waals surface area contributed by atoms with Crippen molar-refractivity contribution in [1.82, 2.24) is 4.90 Å². The van der Waals surface area contributed by atoms with Crippen molar-refractivity contribution < 1.29 is 14.3 Å². The summed E-state index contributed by atoms with van der Waals surface area (Å²) in [5, 5.41) is 0.